The number of carboxylic acids is 1. The van der Waals surface area contributed by atoms with Crippen LogP contribution in [0.4, 0.5) is 0 Å². The number of hydrogen-bond acceptors (Lipinski definition) is 4. The Bertz CT molecular complexity index is 524. The molecule has 0 aliphatic heterocycles. The molecular weight excluding hydrogens is 276 g/mol. The highest BCUT2D eigenvalue weighted by atomic mass is 32.1. The van der Waals surface area contributed by atoms with E-state index in [2.05, 4.69) is 10.3 Å². The second kappa shape index (κ2) is 6.65. The molecule has 1 amide bonds. The molecule has 0 aromatic carbocycles. The third-order valence-electron chi connectivity index (χ3n) is 3.43. The van der Waals surface area contributed by atoms with E-state index in [0.717, 1.165) is 10.7 Å². The van der Waals surface area contributed by atoms with E-state index < -0.39 is 17.8 Å². The number of carbonyl (C=O) groups excluding carboxylic acids is 1. The fourth-order valence-corrected chi connectivity index (χ4v) is 2.99. The van der Waals surface area contributed by atoms with Gasteiger partial charge in [-0.05, 0) is 19.8 Å². The lowest BCUT2D eigenvalue weighted by Crippen LogP contribution is -2.39. The minimum Gasteiger partial charge on any atom is -0.481 e. The maximum Gasteiger partial charge on any atom is 0.307 e. The van der Waals surface area contributed by atoms with Crippen molar-refractivity contribution in [3.8, 4) is 0 Å². The summed E-state index contributed by atoms with van der Waals surface area (Å²) in [7, 11) is 0. The number of nitrogens with zero attached hydrogens (tertiary/aromatic N) is 1. The molecule has 1 heterocycles. The van der Waals surface area contributed by atoms with Crippen molar-refractivity contribution in [3.05, 3.63) is 28.2 Å². The van der Waals surface area contributed by atoms with Crippen molar-refractivity contribution < 1.29 is 14.7 Å². The molecule has 0 fully saturated rings. The number of rotatable bonds is 5. The molecule has 5 nitrogen and oxygen atoms in total. The van der Waals surface area contributed by atoms with Gasteiger partial charge in [-0.2, -0.15) is 0 Å². The van der Waals surface area contributed by atoms with Crippen molar-refractivity contribution in [1.29, 1.82) is 0 Å². The van der Waals surface area contributed by atoms with E-state index in [4.69, 9.17) is 5.11 Å². The number of aromatic nitrogens is 1. The van der Waals surface area contributed by atoms with E-state index in [-0.39, 0.29) is 5.91 Å². The van der Waals surface area contributed by atoms with Crippen LogP contribution in [0.3, 0.4) is 0 Å². The highest BCUT2D eigenvalue weighted by Crippen LogP contribution is 2.25. The summed E-state index contributed by atoms with van der Waals surface area (Å²) in [4.78, 5) is 27.6. The Morgan fingerprint density at radius 3 is 2.70 bits per heavy atom. The van der Waals surface area contributed by atoms with Gasteiger partial charge in [0.05, 0.1) is 22.5 Å². The standard InChI is InChI=1S/C14H18N2O3S/c1-9-16-10(8-20-9)6-7-15-13(17)11-4-2-3-5-12(11)14(18)19/h2-3,8,11-12H,4-7H2,1H3,(H,15,17)(H,18,19)/t11-,12+/m1/s1. The normalized spacial score (nSPS) is 21.6. The zero-order valence-corrected chi connectivity index (χ0v) is 12.2. The lowest BCUT2D eigenvalue weighted by molar-refractivity contribution is -0.147. The number of amides is 1. The predicted octanol–water partition coefficient (Wildman–Crippen LogP) is 1.78. The van der Waals surface area contributed by atoms with E-state index in [0.29, 0.717) is 25.8 Å². The molecule has 6 heteroatoms. The van der Waals surface area contributed by atoms with Crippen LogP contribution in [0.25, 0.3) is 0 Å². The van der Waals surface area contributed by atoms with Crippen LogP contribution in [-0.2, 0) is 16.0 Å². The van der Waals surface area contributed by atoms with Gasteiger partial charge in [-0.3, -0.25) is 9.59 Å². The molecule has 0 unspecified atom stereocenters. The number of aliphatic carboxylic acids is 1. The summed E-state index contributed by atoms with van der Waals surface area (Å²) in [5.41, 5.74) is 0.964. The number of carboxylic acid groups (broad SMARTS) is 1. The highest BCUT2D eigenvalue weighted by molar-refractivity contribution is 7.09. The number of carbonyl (C=O) groups is 2. The van der Waals surface area contributed by atoms with Crippen LogP contribution in [0.1, 0.15) is 23.5 Å². The average molecular weight is 294 g/mol. The van der Waals surface area contributed by atoms with Crippen LogP contribution in [0.2, 0.25) is 0 Å². The Morgan fingerprint density at radius 2 is 2.10 bits per heavy atom. The number of aryl methyl sites for hydroxylation is 1. The van der Waals surface area contributed by atoms with E-state index in [9.17, 15) is 9.59 Å². The first-order valence-corrected chi connectivity index (χ1v) is 7.52. The van der Waals surface area contributed by atoms with Crippen molar-refractivity contribution >= 4 is 23.2 Å². The lowest BCUT2D eigenvalue weighted by atomic mass is 9.82. The Morgan fingerprint density at radius 1 is 1.40 bits per heavy atom. The van der Waals surface area contributed by atoms with E-state index in [1.165, 1.54) is 0 Å². The number of nitrogens with one attached hydrogen (secondary N) is 1. The number of hydrogen-bond donors (Lipinski definition) is 2. The van der Waals surface area contributed by atoms with Gasteiger partial charge in [-0.1, -0.05) is 12.2 Å². The molecule has 2 atom stereocenters. The Balaban J connectivity index is 1.84. The van der Waals surface area contributed by atoms with Crippen LogP contribution in [0, 0.1) is 18.8 Å². The van der Waals surface area contributed by atoms with Gasteiger partial charge >= 0.3 is 5.97 Å². The zero-order chi connectivity index (χ0) is 14.5. The van der Waals surface area contributed by atoms with Gasteiger partial charge < -0.3 is 10.4 Å². The Kier molecular flexibility index (Phi) is 4.89. The minimum atomic E-state index is -0.898. The van der Waals surface area contributed by atoms with Crippen molar-refractivity contribution in [2.24, 2.45) is 11.8 Å². The van der Waals surface area contributed by atoms with Gasteiger partial charge in [-0.25, -0.2) is 4.98 Å². The molecule has 0 spiro atoms. The second-order valence-corrected chi connectivity index (χ2v) is 5.96. The highest BCUT2D eigenvalue weighted by Gasteiger charge is 2.33. The SMILES string of the molecule is Cc1nc(CCNC(=O)[C@@H]2CC=CC[C@@H]2C(=O)O)cs1. The van der Waals surface area contributed by atoms with E-state index >= 15 is 0 Å². The molecule has 0 saturated heterocycles. The van der Waals surface area contributed by atoms with Crippen molar-refractivity contribution in [2.75, 3.05) is 6.54 Å². The first kappa shape index (κ1) is 14.7. The first-order valence-electron chi connectivity index (χ1n) is 6.64. The smallest absolute Gasteiger partial charge is 0.307 e. The Labute approximate surface area is 121 Å². The van der Waals surface area contributed by atoms with Gasteiger partial charge in [-0.15, -0.1) is 11.3 Å². The number of thiazole rings is 1. The molecule has 20 heavy (non-hydrogen) atoms. The van der Waals surface area contributed by atoms with Gasteiger partial charge in [0, 0.05) is 18.3 Å². The van der Waals surface area contributed by atoms with E-state index in [1.54, 1.807) is 11.3 Å². The molecule has 1 aromatic rings. The first-order chi connectivity index (χ1) is 9.58. The molecule has 0 radical (unpaired) electrons. The fourth-order valence-electron chi connectivity index (χ4n) is 2.34. The summed E-state index contributed by atoms with van der Waals surface area (Å²) < 4.78 is 0. The monoisotopic (exact) mass is 294 g/mol. The fraction of sp³-hybridized carbons (Fsp3) is 0.500. The van der Waals surface area contributed by atoms with Crippen molar-refractivity contribution in [2.45, 2.75) is 26.2 Å². The maximum absolute atomic E-state index is 12.1. The molecule has 1 aromatic heterocycles. The van der Waals surface area contributed by atoms with Crippen molar-refractivity contribution in [3.63, 3.8) is 0 Å². The van der Waals surface area contributed by atoms with Crippen molar-refractivity contribution in [1.82, 2.24) is 10.3 Å². The summed E-state index contributed by atoms with van der Waals surface area (Å²) in [5.74, 6) is -2.14. The van der Waals surface area contributed by atoms with Gasteiger partial charge in [0.25, 0.3) is 0 Å². The largest absolute Gasteiger partial charge is 0.481 e. The summed E-state index contributed by atoms with van der Waals surface area (Å²) in [6, 6.07) is 0. The number of allylic oxidation sites excluding steroid dienone is 2. The van der Waals surface area contributed by atoms with E-state index in [1.807, 2.05) is 24.5 Å². The van der Waals surface area contributed by atoms with Crippen LogP contribution in [0.5, 0.6) is 0 Å². The molecule has 0 bridgehead atoms. The van der Waals surface area contributed by atoms with Crippen LogP contribution < -0.4 is 5.32 Å². The third-order valence-corrected chi connectivity index (χ3v) is 4.26. The molecular formula is C14H18N2O3S. The minimum absolute atomic E-state index is 0.172. The molecule has 0 saturated carbocycles. The molecule has 108 valence electrons. The third kappa shape index (κ3) is 3.66. The molecule has 1 aliphatic rings. The van der Waals surface area contributed by atoms with Crippen LogP contribution in [-0.4, -0.2) is 28.5 Å². The maximum atomic E-state index is 12.1. The summed E-state index contributed by atoms with van der Waals surface area (Å²) in [6.45, 7) is 2.44. The average Bonchev–Trinajstić information content (AvgIpc) is 2.84. The lowest BCUT2D eigenvalue weighted by Gasteiger charge is -2.24. The molecule has 2 rings (SSSR count). The molecule has 2 N–H and O–H groups in total. The van der Waals surface area contributed by atoms with Crippen LogP contribution in [0.15, 0.2) is 17.5 Å². The predicted molar refractivity (Wildman–Crippen MR) is 76.6 cm³/mol. The summed E-state index contributed by atoms with van der Waals surface area (Å²) in [6.07, 6.45) is 5.32. The Hall–Kier alpha value is -1.69. The zero-order valence-electron chi connectivity index (χ0n) is 11.3. The summed E-state index contributed by atoms with van der Waals surface area (Å²) in [5, 5.41) is 15.0. The van der Waals surface area contributed by atoms with Gasteiger partial charge in [0.1, 0.15) is 0 Å². The molecule has 1 aliphatic carbocycles. The topological polar surface area (TPSA) is 79.3 Å². The van der Waals surface area contributed by atoms with Crippen LogP contribution >= 0.6 is 11.3 Å². The van der Waals surface area contributed by atoms with Gasteiger partial charge in [0.2, 0.25) is 5.91 Å². The summed E-state index contributed by atoms with van der Waals surface area (Å²) >= 11 is 1.58. The second-order valence-electron chi connectivity index (χ2n) is 4.89. The quantitative estimate of drug-likeness (QED) is 0.811. The van der Waals surface area contributed by atoms with Gasteiger partial charge in [0.15, 0.2) is 0 Å².